The van der Waals surface area contributed by atoms with Crippen molar-refractivity contribution in [2.45, 2.75) is 13.1 Å². The van der Waals surface area contributed by atoms with Gasteiger partial charge >= 0.3 is 0 Å². The molecule has 0 atom stereocenters. The maximum Gasteiger partial charge on any atom is 0.189 e. The van der Waals surface area contributed by atoms with Gasteiger partial charge in [0.2, 0.25) is 0 Å². The first-order chi connectivity index (χ1) is 13.6. The molecule has 1 aromatic heterocycles. The van der Waals surface area contributed by atoms with E-state index in [4.69, 9.17) is 4.74 Å². The van der Waals surface area contributed by atoms with E-state index in [2.05, 4.69) is 20.9 Å². The van der Waals surface area contributed by atoms with Gasteiger partial charge < -0.3 is 9.72 Å². The number of ether oxygens (including phenoxy) is 1. The number of fused-ring (bicyclic) bond motifs is 1. The van der Waals surface area contributed by atoms with E-state index in [1.165, 1.54) is 11.6 Å². The van der Waals surface area contributed by atoms with Gasteiger partial charge in [-0.25, -0.2) is 4.39 Å². The highest BCUT2D eigenvalue weighted by Gasteiger charge is 2.19. The predicted octanol–water partition coefficient (Wildman–Crippen LogP) is 2.99. The molecule has 0 radical (unpaired) electrons. The summed E-state index contributed by atoms with van der Waals surface area (Å²) in [5.74, 6) is 0.527. The van der Waals surface area contributed by atoms with Gasteiger partial charge in [0.15, 0.2) is 5.43 Å². The van der Waals surface area contributed by atoms with E-state index < -0.39 is 5.82 Å². The van der Waals surface area contributed by atoms with Crippen molar-refractivity contribution in [2.75, 3.05) is 33.3 Å². The fourth-order valence-corrected chi connectivity index (χ4v) is 3.80. The molecule has 0 spiro atoms. The third kappa shape index (κ3) is 3.93. The molecule has 0 aliphatic carbocycles. The van der Waals surface area contributed by atoms with Gasteiger partial charge in [0.1, 0.15) is 11.6 Å². The van der Waals surface area contributed by atoms with Crippen molar-refractivity contribution < 1.29 is 9.13 Å². The fourth-order valence-electron chi connectivity index (χ4n) is 3.80. The average Bonchev–Trinajstić information content (AvgIpc) is 2.71. The normalized spacial score (nSPS) is 15.8. The monoisotopic (exact) mass is 381 g/mol. The van der Waals surface area contributed by atoms with Gasteiger partial charge in [0, 0.05) is 62.0 Å². The van der Waals surface area contributed by atoms with E-state index >= 15 is 0 Å². The molecule has 0 saturated carbocycles. The largest absolute Gasteiger partial charge is 0.496 e. The van der Waals surface area contributed by atoms with Crippen molar-refractivity contribution >= 4 is 10.9 Å². The molecule has 5 nitrogen and oxygen atoms in total. The predicted molar refractivity (Wildman–Crippen MR) is 108 cm³/mol. The summed E-state index contributed by atoms with van der Waals surface area (Å²) in [6.45, 7) is 5.13. The van der Waals surface area contributed by atoms with Crippen LogP contribution in [-0.4, -0.2) is 48.1 Å². The minimum atomic E-state index is -0.391. The third-order valence-electron chi connectivity index (χ3n) is 5.32. The first-order valence-electron chi connectivity index (χ1n) is 9.51. The minimum Gasteiger partial charge on any atom is -0.496 e. The van der Waals surface area contributed by atoms with Crippen molar-refractivity contribution in [3.8, 4) is 5.75 Å². The molecule has 6 heteroatoms. The number of para-hydroxylation sites is 2. The zero-order chi connectivity index (χ0) is 19.5. The number of halogens is 1. The van der Waals surface area contributed by atoms with Crippen LogP contribution in [0.3, 0.4) is 0 Å². The van der Waals surface area contributed by atoms with Crippen LogP contribution in [0.15, 0.2) is 53.3 Å². The van der Waals surface area contributed by atoms with Crippen LogP contribution in [0.4, 0.5) is 4.39 Å². The molecule has 3 aromatic rings. The van der Waals surface area contributed by atoms with Crippen molar-refractivity contribution in [3.63, 3.8) is 0 Å². The lowest BCUT2D eigenvalue weighted by molar-refractivity contribution is 0.120. The molecular formula is C22H24FN3O2. The van der Waals surface area contributed by atoms with Crippen LogP contribution in [0, 0.1) is 5.82 Å². The van der Waals surface area contributed by atoms with E-state index in [0.29, 0.717) is 17.4 Å². The van der Waals surface area contributed by atoms with E-state index in [9.17, 15) is 9.18 Å². The number of nitrogens with zero attached hydrogens (tertiary/aromatic N) is 2. The maximum atomic E-state index is 14.0. The van der Waals surface area contributed by atoms with Gasteiger partial charge in [-0.2, -0.15) is 0 Å². The molecule has 146 valence electrons. The Hall–Kier alpha value is -2.70. The average molecular weight is 381 g/mol. The van der Waals surface area contributed by atoms with E-state index in [1.54, 1.807) is 25.3 Å². The number of pyridine rings is 1. The summed E-state index contributed by atoms with van der Waals surface area (Å²) in [6.07, 6.45) is 0. The number of aromatic amines is 1. The zero-order valence-electron chi connectivity index (χ0n) is 16.0. The lowest BCUT2D eigenvalue weighted by Crippen LogP contribution is -2.45. The Bertz CT molecular complexity index is 1030. The number of rotatable bonds is 5. The third-order valence-corrected chi connectivity index (χ3v) is 5.32. The Morgan fingerprint density at radius 2 is 1.71 bits per heavy atom. The van der Waals surface area contributed by atoms with Gasteiger partial charge in [-0.15, -0.1) is 0 Å². The number of methoxy groups -OCH3 is 1. The molecule has 1 aliphatic rings. The maximum absolute atomic E-state index is 14.0. The Labute approximate surface area is 163 Å². The summed E-state index contributed by atoms with van der Waals surface area (Å²) < 4.78 is 19.5. The Kier molecular flexibility index (Phi) is 5.41. The van der Waals surface area contributed by atoms with Crippen molar-refractivity contribution in [1.29, 1.82) is 0 Å². The van der Waals surface area contributed by atoms with Crippen LogP contribution >= 0.6 is 0 Å². The fraction of sp³-hybridized carbons (Fsp3) is 0.318. The highest BCUT2D eigenvalue weighted by Crippen LogP contribution is 2.20. The second kappa shape index (κ2) is 8.12. The summed E-state index contributed by atoms with van der Waals surface area (Å²) in [7, 11) is 1.70. The molecular weight excluding hydrogens is 357 g/mol. The number of benzene rings is 2. The van der Waals surface area contributed by atoms with Crippen molar-refractivity contribution in [1.82, 2.24) is 14.8 Å². The number of nitrogens with one attached hydrogen (secondary N) is 1. The van der Waals surface area contributed by atoms with Crippen LogP contribution in [0.5, 0.6) is 5.75 Å². The summed E-state index contributed by atoms with van der Waals surface area (Å²) in [5, 5.41) is 0.394. The summed E-state index contributed by atoms with van der Waals surface area (Å²) in [4.78, 5) is 20.1. The van der Waals surface area contributed by atoms with E-state index in [1.807, 2.05) is 18.2 Å². The summed E-state index contributed by atoms with van der Waals surface area (Å²) >= 11 is 0. The Morgan fingerprint density at radius 1 is 1.00 bits per heavy atom. The van der Waals surface area contributed by atoms with Gasteiger partial charge in [-0.1, -0.05) is 24.3 Å². The second-order valence-electron chi connectivity index (χ2n) is 7.19. The lowest BCUT2D eigenvalue weighted by atomic mass is 10.1. The van der Waals surface area contributed by atoms with Crippen molar-refractivity contribution in [3.05, 3.63) is 75.8 Å². The second-order valence-corrected chi connectivity index (χ2v) is 7.19. The smallest absolute Gasteiger partial charge is 0.189 e. The number of piperazine rings is 1. The van der Waals surface area contributed by atoms with Crippen LogP contribution < -0.4 is 10.2 Å². The van der Waals surface area contributed by atoms with Gasteiger partial charge in [-0.05, 0) is 18.2 Å². The molecule has 1 saturated heterocycles. The molecule has 2 aromatic carbocycles. The molecule has 0 amide bonds. The van der Waals surface area contributed by atoms with Gasteiger partial charge in [0.25, 0.3) is 0 Å². The lowest BCUT2D eigenvalue weighted by Gasteiger charge is -2.34. The molecule has 1 N–H and O–H groups in total. The Morgan fingerprint density at radius 3 is 2.46 bits per heavy atom. The molecule has 2 heterocycles. The highest BCUT2D eigenvalue weighted by molar-refractivity contribution is 5.78. The van der Waals surface area contributed by atoms with Crippen LogP contribution in [0.25, 0.3) is 10.9 Å². The number of hydrogen-bond acceptors (Lipinski definition) is 4. The standard InChI is InChI=1S/C22H24FN3O2/c1-28-21-8-3-2-5-16(21)14-25-9-11-26(12-10-25)15-17-13-20(27)18-6-4-7-19(23)22(18)24-17/h2-8,13H,9-12,14-15H2,1H3,(H,24,27). The minimum absolute atomic E-state index is 0.141. The van der Waals surface area contributed by atoms with Gasteiger partial charge in [0.05, 0.1) is 12.6 Å². The van der Waals surface area contributed by atoms with Crippen LogP contribution in [0.2, 0.25) is 0 Å². The molecule has 1 fully saturated rings. The summed E-state index contributed by atoms with van der Waals surface area (Å²) in [5.41, 5.74) is 2.09. The molecule has 0 bridgehead atoms. The number of hydrogen-bond donors (Lipinski definition) is 1. The van der Waals surface area contributed by atoms with E-state index in [0.717, 1.165) is 44.2 Å². The SMILES string of the molecule is COc1ccccc1CN1CCN(Cc2cc(=O)c3cccc(F)c3[nH]2)CC1. The zero-order valence-corrected chi connectivity index (χ0v) is 16.0. The van der Waals surface area contributed by atoms with Gasteiger partial charge in [-0.3, -0.25) is 14.6 Å². The Balaban J connectivity index is 1.40. The number of aromatic nitrogens is 1. The topological polar surface area (TPSA) is 48.6 Å². The quantitative estimate of drug-likeness (QED) is 0.738. The molecule has 0 unspecified atom stereocenters. The van der Waals surface area contributed by atoms with Crippen LogP contribution in [-0.2, 0) is 13.1 Å². The highest BCUT2D eigenvalue weighted by atomic mass is 19.1. The summed E-state index contributed by atoms with van der Waals surface area (Å²) in [6, 6.07) is 14.3. The first kappa shape index (κ1) is 18.7. The van der Waals surface area contributed by atoms with Crippen molar-refractivity contribution in [2.24, 2.45) is 0 Å². The molecule has 1 aliphatic heterocycles. The molecule has 28 heavy (non-hydrogen) atoms. The molecule has 4 rings (SSSR count). The number of H-pyrrole nitrogens is 1. The first-order valence-corrected chi connectivity index (χ1v) is 9.51. The van der Waals surface area contributed by atoms with E-state index in [-0.39, 0.29) is 5.43 Å². The van der Waals surface area contributed by atoms with Crippen LogP contribution in [0.1, 0.15) is 11.3 Å².